The molecule has 2 aromatic carbocycles. The average Bonchev–Trinajstić information content (AvgIpc) is 2.64. The minimum Gasteiger partial charge on any atom is -0.354 e. The molecule has 0 aromatic heterocycles. The lowest BCUT2D eigenvalue weighted by molar-refractivity contribution is -0.122. The van der Waals surface area contributed by atoms with Gasteiger partial charge in [-0.2, -0.15) is 0 Å². The van der Waals surface area contributed by atoms with Crippen LogP contribution >= 0.6 is 0 Å². The standard InChI is InChI=1S/C20H24F2N2O3S/c1-3-18(24(28(2,26)27)19-9-5-4-8-17(19)22)20(25)23-14-6-7-15-10-12-16(21)13-11-15/h4-5,8-13,18H,3,6-7,14H2,1-2H3,(H,23,25). The summed E-state index contributed by atoms with van der Waals surface area (Å²) >= 11 is 0. The van der Waals surface area contributed by atoms with Crippen molar-refractivity contribution >= 4 is 21.6 Å². The molecule has 1 unspecified atom stereocenters. The van der Waals surface area contributed by atoms with E-state index in [0.717, 1.165) is 22.2 Å². The third-order valence-corrected chi connectivity index (χ3v) is 5.44. The molecule has 1 N–H and O–H groups in total. The molecule has 0 saturated heterocycles. The van der Waals surface area contributed by atoms with Crippen molar-refractivity contribution in [1.82, 2.24) is 5.32 Å². The summed E-state index contributed by atoms with van der Waals surface area (Å²) in [6, 6.07) is 10.5. The Morgan fingerprint density at radius 3 is 2.32 bits per heavy atom. The van der Waals surface area contributed by atoms with E-state index in [1.807, 2.05) is 0 Å². The number of nitrogens with one attached hydrogen (secondary N) is 1. The molecule has 0 radical (unpaired) electrons. The molecule has 0 spiro atoms. The number of benzene rings is 2. The summed E-state index contributed by atoms with van der Waals surface area (Å²) in [7, 11) is -3.88. The Morgan fingerprint density at radius 2 is 1.75 bits per heavy atom. The number of carbonyl (C=O) groups excluding carboxylic acids is 1. The fourth-order valence-corrected chi connectivity index (χ4v) is 4.15. The molecule has 1 amide bonds. The van der Waals surface area contributed by atoms with E-state index in [1.165, 1.54) is 30.3 Å². The zero-order valence-electron chi connectivity index (χ0n) is 15.9. The van der Waals surface area contributed by atoms with Crippen molar-refractivity contribution in [3.05, 3.63) is 65.7 Å². The van der Waals surface area contributed by atoms with Crippen molar-refractivity contribution in [2.45, 2.75) is 32.2 Å². The number of carbonyl (C=O) groups is 1. The Morgan fingerprint density at radius 1 is 1.11 bits per heavy atom. The Labute approximate surface area is 164 Å². The summed E-state index contributed by atoms with van der Waals surface area (Å²) in [5.41, 5.74) is 0.783. The summed E-state index contributed by atoms with van der Waals surface area (Å²) in [6.45, 7) is 1.99. The Bertz CT molecular complexity index is 902. The molecule has 0 heterocycles. The number of para-hydroxylation sites is 1. The molecule has 28 heavy (non-hydrogen) atoms. The van der Waals surface area contributed by atoms with Gasteiger partial charge in [-0.05, 0) is 49.1 Å². The van der Waals surface area contributed by atoms with Gasteiger partial charge in [0.2, 0.25) is 15.9 Å². The minimum atomic E-state index is -3.88. The van der Waals surface area contributed by atoms with Crippen LogP contribution in [0.3, 0.4) is 0 Å². The second kappa shape index (κ2) is 9.64. The number of aryl methyl sites for hydroxylation is 1. The highest BCUT2D eigenvalue weighted by atomic mass is 32.2. The van der Waals surface area contributed by atoms with Crippen LogP contribution in [0.15, 0.2) is 48.5 Å². The largest absolute Gasteiger partial charge is 0.354 e. The van der Waals surface area contributed by atoms with Gasteiger partial charge in [-0.1, -0.05) is 31.2 Å². The van der Waals surface area contributed by atoms with Crippen LogP contribution in [0.1, 0.15) is 25.3 Å². The fourth-order valence-electron chi connectivity index (χ4n) is 2.94. The van der Waals surface area contributed by atoms with Crippen molar-refractivity contribution in [3.63, 3.8) is 0 Å². The maximum atomic E-state index is 14.2. The van der Waals surface area contributed by atoms with Crippen LogP contribution < -0.4 is 9.62 Å². The molecule has 1 atom stereocenters. The predicted molar refractivity (Wildman–Crippen MR) is 106 cm³/mol. The number of rotatable bonds is 9. The number of nitrogens with zero attached hydrogens (tertiary/aromatic N) is 1. The predicted octanol–water partition coefficient (Wildman–Crippen LogP) is 3.26. The molecule has 152 valence electrons. The van der Waals surface area contributed by atoms with Gasteiger partial charge in [-0.3, -0.25) is 9.10 Å². The normalized spacial score (nSPS) is 12.4. The third-order valence-electron chi connectivity index (χ3n) is 4.27. The van der Waals surface area contributed by atoms with Crippen LogP contribution in [-0.4, -0.2) is 33.2 Å². The summed E-state index contributed by atoms with van der Waals surface area (Å²) in [4.78, 5) is 12.6. The first-order valence-corrected chi connectivity index (χ1v) is 10.8. The topological polar surface area (TPSA) is 66.5 Å². The van der Waals surface area contributed by atoms with E-state index in [2.05, 4.69) is 5.32 Å². The van der Waals surface area contributed by atoms with E-state index in [9.17, 15) is 22.0 Å². The quantitative estimate of drug-likeness (QED) is 0.646. The molecular formula is C20H24F2N2O3S. The van der Waals surface area contributed by atoms with Crippen molar-refractivity contribution in [2.75, 3.05) is 17.1 Å². The highest BCUT2D eigenvalue weighted by Crippen LogP contribution is 2.25. The molecule has 8 heteroatoms. The van der Waals surface area contributed by atoms with Crippen LogP contribution in [0.2, 0.25) is 0 Å². The van der Waals surface area contributed by atoms with Crippen LogP contribution in [0.4, 0.5) is 14.5 Å². The SMILES string of the molecule is CCC(C(=O)NCCCc1ccc(F)cc1)N(c1ccccc1F)S(C)(=O)=O. The molecule has 2 rings (SSSR count). The van der Waals surface area contributed by atoms with Gasteiger partial charge in [0.25, 0.3) is 0 Å². The maximum Gasteiger partial charge on any atom is 0.243 e. The third kappa shape index (κ3) is 5.76. The van der Waals surface area contributed by atoms with Crippen molar-refractivity contribution < 1.29 is 22.0 Å². The van der Waals surface area contributed by atoms with Crippen LogP contribution in [-0.2, 0) is 21.2 Å². The first-order valence-electron chi connectivity index (χ1n) is 9.00. The summed E-state index contributed by atoms with van der Waals surface area (Å²) in [5, 5.41) is 2.72. The summed E-state index contributed by atoms with van der Waals surface area (Å²) < 4.78 is 52.5. The molecular weight excluding hydrogens is 386 g/mol. The Hall–Kier alpha value is -2.48. The van der Waals surface area contributed by atoms with Gasteiger partial charge in [0.05, 0.1) is 11.9 Å². The lowest BCUT2D eigenvalue weighted by Crippen LogP contribution is -2.49. The van der Waals surface area contributed by atoms with Gasteiger partial charge < -0.3 is 5.32 Å². The minimum absolute atomic E-state index is 0.154. The maximum absolute atomic E-state index is 14.2. The number of halogens is 2. The lowest BCUT2D eigenvalue weighted by atomic mass is 10.1. The average molecular weight is 410 g/mol. The molecule has 0 saturated carbocycles. The van der Waals surface area contributed by atoms with Gasteiger partial charge in [0.15, 0.2) is 0 Å². The van der Waals surface area contributed by atoms with Gasteiger partial charge in [-0.15, -0.1) is 0 Å². The number of hydrogen-bond acceptors (Lipinski definition) is 3. The highest BCUT2D eigenvalue weighted by molar-refractivity contribution is 7.92. The molecule has 2 aromatic rings. The fraction of sp³-hybridized carbons (Fsp3) is 0.350. The zero-order chi connectivity index (χ0) is 20.7. The number of amides is 1. The van der Waals surface area contributed by atoms with E-state index >= 15 is 0 Å². The van der Waals surface area contributed by atoms with Crippen LogP contribution in [0.5, 0.6) is 0 Å². The summed E-state index contributed by atoms with van der Waals surface area (Å²) in [5.74, 6) is -1.51. The van der Waals surface area contributed by atoms with Crippen LogP contribution in [0, 0.1) is 11.6 Å². The highest BCUT2D eigenvalue weighted by Gasteiger charge is 2.32. The molecule has 0 aliphatic carbocycles. The number of sulfonamides is 1. The first-order chi connectivity index (χ1) is 13.2. The summed E-state index contributed by atoms with van der Waals surface area (Å²) in [6.07, 6.45) is 2.38. The van der Waals surface area contributed by atoms with Gasteiger partial charge >= 0.3 is 0 Å². The molecule has 0 aliphatic rings. The molecule has 0 aliphatic heterocycles. The smallest absolute Gasteiger partial charge is 0.243 e. The van der Waals surface area contributed by atoms with Gasteiger partial charge in [0, 0.05) is 6.54 Å². The second-order valence-electron chi connectivity index (χ2n) is 6.46. The number of anilines is 1. The molecule has 5 nitrogen and oxygen atoms in total. The Balaban J connectivity index is 2.05. The van der Waals surface area contributed by atoms with E-state index in [4.69, 9.17) is 0 Å². The molecule has 0 fully saturated rings. The number of hydrogen-bond donors (Lipinski definition) is 1. The second-order valence-corrected chi connectivity index (χ2v) is 8.31. The van der Waals surface area contributed by atoms with Gasteiger partial charge in [-0.25, -0.2) is 17.2 Å². The monoisotopic (exact) mass is 410 g/mol. The van der Waals surface area contributed by atoms with Crippen molar-refractivity contribution in [2.24, 2.45) is 0 Å². The lowest BCUT2D eigenvalue weighted by Gasteiger charge is -2.30. The van der Waals surface area contributed by atoms with E-state index in [-0.39, 0.29) is 17.9 Å². The van der Waals surface area contributed by atoms with Crippen molar-refractivity contribution in [1.29, 1.82) is 0 Å². The molecule has 0 bridgehead atoms. The Kier molecular flexibility index (Phi) is 7.51. The van der Waals surface area contributed by atoms with Crippen molar-refractivity contribution in [3.8, 4) is 0 Å². The van der Waals surface area contributed by atoms with E-state index in [0.29, 0.717) is 19.4 Å². The van der Waals surface area contributed by atoms with Gasteiger partial charge in [0.1, 0.15) is 17.7 Å². The van der Waals surface area contributed by atoms with Crippen LogP contribution in [0.25, 0.3) is 0 Å². The zero-order valence-corrected chi connectivity index (χ0v) is 16.7. The van der Waals surface area contributed by atoms with E-state index in [1.54, 1.807) is 19.1 Å². The first kappa shape index (κ1) is 21.8. The van der Waals surface area contributed by atoms with E-state index < -0.39 is 27.8 Å².